The van der Waals surface area contributed by atoms with Crippen LogP contribution < -0.4 is 10.2 Å². The number of alkyl halides is 2. The summed E-state index contributed by atoms with van der Waals surface area (Å²) in [6.45, 7) is 3.38. The molecule has 2 aromatic rings. The minimum absolute atomic E-state index is 0.101. The van der Waals surface area contributed by atoms with Gasteiger partial charge in [0, 0.05) is 10.2 Å². The van der Waals surface area contributed by atoms with Gasteiger partial charge in [-0.1, -0.05) is 15.9 Å². The second kappa shape index (κ2) is 9.47. The minimum atomic E-state index is -0.691. The maximum Gasteiger partial charge on any atom is 0.338 e. The van der Waals surface area contributed by atoms with E-state index in [0.29, 0.717) is 17.8 Å². The van der Waals surface area contributed by atoms with Gasteiger partial charge < -0.3 is 10.1 Å². The molecule has 7 nitrogen and oxygen atoms in total. The summed E-state index contributed by atoms with van der Waals surface area (Å²) < 4.78 is 6.10. The topological polar surface area (TPSA) is 92.8 Å². The number of rotatable bonds is 5. The fraction of sp³-hybridized carbons (Fsp3) is 0.385. The van der Waals surface area contributed by atoms with Gasteiger partial charge in [-0.25, -0.2) is 4.79 Å². The van der Waals surface area contributed by atoms with Crippen molar-refractivity contribution in [3.05, 3.63) is 57.6 Å². The smallest absolute Gasteiger partial charge is 0.338 e. The highest BCUT2D eigenvalue weighted by Crippen LogP contribution is 2.59. The summed E-state index contributed by atoms with van der Waals surface area (Å²) in [6.07, 6.45) is 0.697. The molecule has 2 aromatic carbocycles. The highest BCUT2D eigenvalue weighted by atomic mass is 79.9. The molecular weight excluding hydrogens is 571 g/mol. The van der Waals surface area contributed by atoms with Crippen molar-refractivity contribution in [2.45, 2.75) is 31.0 Å². The molecule has 1 N–H and O–H groups in total. The number of imide groups is 1. The van der Waals surface area contributed by atoms with Crippen LogP contribution in [0.3, 0.4) is 0 Å². The first kappa shape index (κ1) is 25.2. The number of nitrogens with zero attached hydrogens (tertiary/aromatic N) is 1. The number of esters is 1. The Kier molecular flexibility index (Phi) is 6.64. The highest BCUT2D eigenvalue weighted by Gasteiger charge is 2.66. The lowest BCUT2D eigenvalue weighted by molar-refractivity contribution is -0.123. The first-order chi connectivity index (χ1) is 17.1. The quantitative estimate of drug-likeness (QED) is 0.304. The average Bonchev–Trinajstić information content (AvgIpc) is 3.46. The van der Waals surface area contributed by atoms with Crippen LogP contribution in [0.5, 0.6) is 0 Å². The Balaban J connectivity index is 1.21. The Morgan fingerprint density at radius 3 is 2.06 bits per heavy atom. The van der Waals surface area contributed by atoms with Crippen LogP contribution in [0.25, 0.3) is 0 Å². The second-order valence-electron chi connectivity index (χ2n) is 9.61. The third kappa shape index (κ3) is 4.13. The van der Waals surface area contributed by atoms with E-state index >= 15 is 0 Å². The average molecular weight is 594 g/mol. The largest absolute Gasteiger partial charge is 0.452 e. The van der Waals surface area contributed by atoms with Gasteiger partial charge in [0.25, 0.3) is 5.91 Å². The molecule has 0 radical (unpaired) electrons. The van der Waals surface area contributed by atoms with Gasteiger partial charge in [-0.2, -0.15) is 0 Å². The van der Waals surface area contributed by atoms with E-state index in [4.69, 9.17) is 27.9 Å². The molecule has 5 rings (SSSR count). The van der Waals surface area contributed by atoms with Crippen molar-refractivity contribution in [1.29, 1.82) is 0 Å². The van der Waals surface area contributed by atoms with Crippen LogP contribution in [0.4, 0.5) is 11.4 Å². The summed E-state index contributed by atoms with van der Waals surface area (Å²) in [6, 6.07) is 9.62. The Bertz CT molecular complexity index is 1230. The van der Waals surface area contributed by atoms with E-state index in [1.54, 1.807) is 0 Å². The molecule has 3 aliphatic rings. The van der Waals surface area contributed by atoms with E-state index in [0.717, 1.165) is 15.6 Å². The fourth-order valence-electron chi connectivity index (χ4n) is 5.78. The van der Waals surface area contributed by atoms with E-state index in [-0.39, 0.29) is 40.0 Å². The van der Waals surface area contributed by atoms with Crippen molar-refractivity contribution in [2.75, 3.05) is 16.8 Å². The molecule has 188 valence electrons. The maximum absolute atomic E-state index is 13.1. The fourth-order valence-corrected chi connectivity index (χ4v) is 6.90. The summed E-state index contributed by atoms with van der Waals surface area (Å²) in [4.78, 5) is 52.1. The van der Waals surface area contributed by atoms with Crippen molar-refractivity contribution >= 4 is 74.2 Å². The van der Waals surface area contributed by atoms with Crippen LogP contribution in [0.1, 0.15) is 27.9 Å². The van der Waals surface area contributed by atoms with Crippen molar-refractivity contribution in [2.24, 2.45) is 23.7 Å². The molecule has 1 aliphatic heterocycles. The lowest BCUT2D eigenvalue weighted by Crippen LogP contribution is -2.37. The number of halogens is 3. The number of ether oxygens (including phenoxy) is 1. The lowest BCUT2D eigenvalue weighted by atomic mass is 9.80. The third-order valence-electron chi connectivity index (χ3n) is 7.40. The number of carbonyl (C=O) groups excluding carboxylic acids is 4. The lowest BCUT2D eigenvalue weighted by Gasteiger charge is -2.28. The van der Waals surface area contributed by atoms with Gasteiger partial charge in [-0.3, -0.25) is 19.3 Å². The molecule has 6 atom stereocenters. The van der Waals surface area contributed by atoms with E-state index < -0.39 is 30.3 Å². The van der Waals surface area contributed by atoms with Crippen LogP contribution in [-0.4, -0.2) is 41.1 Å². The maximum atomic E-state index is 13.1. The number of fused-ring (bicyclic) bond motifs is 5. The van der Waals surface area contributed by atoms with Crippen molar-refractivity contribution in [1.82, 2.24) is 0 Å². The number of aryl methyl sites for hydroxylation is 2. The summed E-state index contributed by atoms with van der Waals surface area (Å²) in [5.74, 6) is -2.78. The van der Waals surface area contributed by atoms with E-state index in [9.17, 15) is 19.2 Å². The van der Waals surface area contributed by atoms with Gasteiger partial charge in [-0.15, -0.1) is 23.2 Å². The normalized spacial score (nSPS) is 28.4. The number of carbonyl (C=O) groups is 4. The standard InChI is InChI=1S/C26H23BrCl2N2O5/c1-11-7-14(8-12(2)21(11)27)30-18(32)10-36-26(35)13-3-5-15(6-4-13)31-24(33)19-16-9-17(20(19)25(31)34)23(29)22(16)28/h3-8,16-17,19-20,22-23H,9-10H2,1-2H3,(H,30,32)/t16-,17-,19-,20-,22-,23+/m1/s1. The van der Waals surface area contributed by atoms with E-state index in [1.807, 2.05) is 26.0 Å². The molecule has 2 aliphatic carbocycles. The monoisotopic (exact) mass is 592 g/mol. The summed E-state index contributed by atoms with van der Waals surface area (Å²) in [7, 11) is 0. The first-order valence-electron chi connectivity index (χ1n) is 11.6. The predicted octanol–water partition coefficient (Wildman–Crippen LogP) is 4.83. The number of benzene rings is 2. The second-order valence-corrected chi connectivity index (χ2v) is 11.4. The van der Waals surface area contributed by atoms with Gasteiger partial charge in [0.05, 0.1) is 33.8 Å². The Morgan fingerprint density at radius 2 is 1.53 bits per heavy atom. The van der Waals surface area contributed by atoms with E-state index in [2.05, 4.69) is 21.2 Å². The molecule has 3 fully saturated rings. The highest BCUT2D eigenvalue weighted by molar-refractivity contribution is 9.10. The Morgan fingerprint density at radius 1 is 1.00 bits per heavy atom. The first-order valence-corrected chi connectivity index (χ1v) is 13.2. The van der Waals surface area contributed by atoms with Gasteiger partial charge in [0.2, 0.25) is 11.8 Å². The SMILES string of the molecule is Cc1cc(NC(=O)COC(=O)c2ccc(N3C(=O)[C@@H]4[C@H]5C[C@@H]([C@@H](Cl)[C@H]5Cl)[C@H]4C3=O)cc2)cc(C)c1Br. The van der Waals surface area contributed by atoms with Gasteiger partial charge in [0.15, 0.2) is 6.61 Å². The summed E-state index contributed by atoms with van der Waals surface area (Å²) >= 11 is 16.3. The molecule has 0 unspecified atom stereocenters. The molecule has 3 amide bonds. The molecule has 1 heterocycles. The number of anilines is 2. The third-order valence-corrected chi connectivity index (χ3v) is 9.97. The van der Waals surface area contributed by atoms with Gasteiger partial charge in [0.1, 0.15) is 0 Å². The van der Waals surface area contributed by atoms with Crippen molar-refractivity contribution in [3.8, 4) is 0 Å². The molecule has 2 bridgehead atoms. The number of hydrogen-bond acceptors (Lipinski definition) is 5. The summed E-state index contributed by atoms with van der Waals surface area (Å²) in [5, 5.41) is 2.08. The van der Waals surface area contributed by atoms with E-state index in [1.165, 1.54) is 29.2 Å². The molecule has 0 aromatic heterocycles. The molecule has 2 saturated carbocycles. The zero-order valence-corrected chi connectivity index (χ0v) is 22.6. The van der Waals surface area contributed by atoms with Crippen LogP contribution in [0, 0.1) is 37.5 Å². The molecule has 0 spiro atoms. The predicted molar refractivity (Wildman–Crippen MR) is 139 cm³/mol. The Labute approximate surface area is 226 Å². The van der Waals surface area contributed by atoms with Crippen LogP contribution >= 0.6 is 39.1 Å². The van der Waals surface area contributed by atoms with Crippen molar-refractivity contribution < 1.29 is 23.9 Å². The number of amides is 3. The van der Waals surface area contributed by atoms with Gasteiger partial charge >= 0.3 is 5.97 Å². The summed E-state index contributed by atoms with van der Waals surface area (Å²) in [5.41, 5.74) is 3.13. The molecular formula is C26H23BrCl2N2O5. The zero-order valence-electron chi connectivity index (χ0n) is 19.5. The van der Waals surface area contributed by atoms with Crippen LogP contribution in [-0.2, 0) is 19.1 Å². The molecule has 10 heteroatoms. The van der Waals surface area contributed by atoms with Crippen LogP contribution in [0.2, 0.25) is 0 Å². The number of hydrogen-bond donors (Lipinski definition) is 1. The zero-order chi connectivity index (χ0) is 25.9. The Hall–Kier alpha value is -2.42. The minimum Gasteiger partial charge on any atom is -0.452 e. The van der Waals surface area contributed by atoms with Crippen LogP contribution in [0.15, 0.2) is 40.9 Å². The van der Waals surface area contributed by atoms with Crippen molar-refractivity contribution in [3.63, 3.8) is 0 Å². The van der Waals surface area contributed by atoms with Gasteiger partial charge in [-0.05, 0) is 79.6 Å². The number of nitrogens with one attached hydrogen (secondary N) is 1. The molecule has 36 heavy (non-hydrogen) atoms. The molecule has 1 saturated heterocycles.